The van der Waals surface area contributed by atoms with E-state index in [0.29, 0.717) is 12.2 Å². The molecule has 1 amide bonds. The van der Waals surface area contributed by atoms with Gasteiger partial charge in [-0.3, -0.25) is 4.79 Å². The maximum atomic E-state index is 12.2. The van der Waals surface area contributed by atoms with Crippen LogP contribution in [0, 0.1) is 0 Å². The van der Waals surface area contributed by atoms with Gasteiger partial charge in [-0.2, -0.15) is 0 Å². The molecule has 2 atom stereocenters. The zero-order chi connectivity index (χ0) is 17.0. The molecule has 1 aromatic carbocycles. The van der Waals surface area contributed by atoms with Crippen molar-refractivity contribution in [1.29, 1.82) is 0 Å². The zero-order valence-corrected chi connectivity index (χ0v) is 14.0. The van der Waals surface area contributed by atoms with E-state index >= 15 is 0 Å². The second-order valence-corrected chi connectivity index (χ2v) is 6.86. The Morgan fingerprint density at radius 1 is 1.30 bits per heavy atom. The van der Waals surface area contributed by atoms with Crippen LogP contribution in [0.2, 0.25) is 0 Å². The minimum atomic E-state index is -0.617. The molecule has 2 rings (SSSR count). The highest BCUT2D eigenvalue weighted by molar-refractivity contribution is 5.92. The van der Waals surface area contributed by atoms with Gasteiger partial charge in [0, 0.05) is 17.5 Å². The number of hydrogen-bond acceptors (Lipinski definition) is 4. The summed E-state index contributed by atoms with van der Waals surface area (Å²) in [5.41, 5.74) is 0.904. The zero-order valence-electron chi connectivity index (χ0n) is 14.0. The van der Waals surface area contributed by atoms with Crippen LogP contribution < -0.4 is 5.32 Å². The van der Waals surface area contributed by atoms with Crippen molar-refractivity contribution >= 4 is 5.91 Å². The van der Waals surface area contributed by atoms with E-state index in [1.807, 2.05) is 58.0 Å². The van der Waals surface area contributed by atoms with Gasteiger partial charge in [-0.15, -0.1) is 0 Å². The van der Waals surface area contributed by atoms with Crippen LogP contribution in [0.3, 0.4) is 0 Å². The first-order chi connectivity index (χ1) is 10.8. The van der Waals surface area contributed by atoms with Crippen molar-refractivity contribution in [2.45, 2.75) is 51.7 Å². The number of carbonyl (C=O) groups excluding carboxylic acids is 1. The summed E-state index contributed by atoms with van der Waals surface area (Å²) >= 11 is 0. The highest BCUT2D eigenvalue weighted by Gasteiger charge is 2.23. The molecule has 1 heterocycles. The molecule has 2 unspecified atom stereocenters. The Bertz CT molecular complexity index is 644. The molecular weight excluding hydrogens is 292 g/mol. The molecule has 0 spiro atoms. The molecule has 124 valence electrons. The third-order valence-electron chi connectivity index (χ3n) is 3.62. The summed E-state index contributed by atoms with van der Waals surface area (Å²) in [5, 5.41) is 16.9. The number of nitrogens with one attached hydrogen (secondary N) is 1. The lowest BCUT2D eigenvalue weighted by molar-refractivity contribution is 0.0907. The molecule has 2 aromatic rings. The molecule has 0 aliphatic carbocycles. The fourth-order valence-corrected chi connectivity index (χ4v) is 2.24. The molecule has 0 aliphatic rings. The lowest BCUT2D eigenvalue weighted by atomic mass is 9.93. The smallest absolute Gasteiger partial charge is 0.273 e. The van der Waals surface area contributed by atoms with E-state index in [1.165, 1.54) is 0 Å². The Balaban J connectivity index is 1.93. The monoisotopic (exact) mass is 316 g/mol. The molecule has 0 saturated carbocycles. The van der Waals surface area contributed by atoms with E-state index in [4.69, 9.17) is 4.52 Å². The van der Waals surface area contributed by atoms with Gasteiger partial charge in [0.15, 0.2) is 5.69 Å². The molecule has 1 aromatic heterocycles. The van der Waals surface area contributed by atoms with E-state index < -0.39 is 6.10 Å². The number of hydrogen-bond donors (Lipinski definition) is 2. The molecule has 0 fully saturated rings. The van der Waals surface area contributed by atoms with Gasteiger partial charge in [0.05, 0.1) is 6.10 Å². The number of aliphatic hydroxyl groups excluding tert-OH is 1. The summed E-state index contributed by atoms with van der Waals surface area (Å²) in [6.07, 6.45) is -0.186. The fraction of sp³-hybridized carbons (Fsp3) is 0.444. The van der Waals surface area contributed by atoms with Gasteiger partial charge in [-0.25, -0.2) is 0 Å². The minimum absolute atomic E-state index is 0.188. The van der Waals surface area contributed by atoms with E-state index in [1.54, 1.807) is 6.07 Å². The average molecular weight is 316 g/mol. The normalized spacial score (nSPS) is 14.3. The number of carbonyl (C=O) groups is 1. The lowest BCUT2D eigenvalue weighted by Gasteiger charge is -2.17. The third kappa shape index (κ3) is 4.66. The van der Waals surface area contributed by atoms with Crippen molar-refractivity contribution in [2.75, 3.05) is 0 Å². The highest BCUT2D eigenvalue weighted by Crippen LogP contribution is 2.23. The first kappa shape index (κ1) is 17.2. The van der Waals surface area contributed by atoms with Gasteiger partial charge in [-0.1, -0.05) is 56.3 Å². The summed E-state index contributed by atoms with van der Waals surface area (Å²) in [4.78, 5) is 12.2. The highest BCUT2D eigenvalue weighted by atomic mass is 16.5. The number of rotatable bonds is 5. The Labute approximate surface area is 136 Å². The van der Waals surface area contributed by atoms with Crippen molar-refractivity contribution < 1.29 is 14.4 Å². The van der Waals surface area contributed by atoms with Crippen molar-refractivity contribution in [2.24, 2.45) is 0 Å². The molecule has 0 radical (unpaired) electrons. The molecule has 5 heteroatoms. The predicted molar refractivity (Wildman–Crippen MR) is 88.2 cm³/mol. The largest absolute Gasteiger partial charge is 0.388 e. The van der Waals surface area contributed by atoms with E-state index in [2.05, 4.69) is 10.5 Å². The molecule has 23 heavy (non-hydrogen) atoms. The van der Waals surface area contributed by atoms with Gasteiger partial charge in [0.25, 0.3) is 5.91 Å². The lowest BCUT2D eigenvalue weighted by Crippen LogP contribution is -2.34. The summed E-state index contributed by atoms with van der Waals surface area (Å²) in [5.74, 6) is 0.372. The Hall–Kier alpha value is -2.14. The van der Waals surface area contributed by atoms with Crippen molar-refractivity contribution in [3.63, 3.8) is 0 Å². The van der Waals surface area contributed by atoms with E-state index in [0.717, 1.165) is 5.56 Å². The van der Waals surface area contributed by atoms with Crippen LogP contribution in [0.4, 0.5) is 0 Å². The number of nitrogens with zero attached hydrogens (tertiary/aromatic N) is 1. The Kier molecular flexibility index (Phi) is 5.21. The maximum Gasteiger partial charge on any atom is 0.273 e. The van der Waals surface area contributed by atoms with Gasteiger partial charge < -0.3 is 14.9 Å². The van der Waals surface area contributed by atoms with Crippen LogP contribution in [0.5, 0.6) is 0 Å². The molecular formula is C18H24N2O3. The van der Waals surface area contributed by atoms with Crippen LogP contribution in [0.1, 0.15) is 62.0 Å². The number of benzene rings is 1. The molecule has 0 bridgehead atoms. The summed E-state index contributed by atoms with van der Waals surface area (Å²) < 4.78 is 5.22. The third-order valence-corrected chi connectivity index (χ3v) is 3.62. The van der Waals surface area contributed by atoms with Gasteiger partial charge >= 0.3 is 0 Å². The van der Waals surface area contributed by atoms with Gasteiger partial charge in [0.1, 0.15) is 5.76 Å². The Morgan fingerprint density at radius 3 is 2.52 bits per heavy atom. The van der Waals surface area contributed by atoms with Crippen molar-refractivity contribution in [1.82, 2.24) is 10.5 Å². The summed E-state index contributed by atoms with van der Waals surface area (Å²) in [6.45, 7) is 7.84. The maximum absolute atomic E-state index is 12.2. The average Bonchev–Trinajstić information content (AvgIpc) is 2.98. The van der Waals surface area contributed by atoms with E-state index in [-0.39, 0.29) is 23.1 Å². The minimum Gasteiger partial charge on any atom is -0.388 e. The van der Waals surface area contributed by atoms with Crippen molar-refractivity contribution in [3.8, 4) is 0 Å². The standard InChI is InChI=1S/C18H24N2O3/c1-12(10-15(21)13-8-6-5-7-9-13)19-17(22)14-11-16(23-20-14)18(2,3)4/h5-9,11-12,15,21H,10H2,1-4H3,(H,19,22). The molecule has 2 N–H and O–H groups in total. The number of aliphatic hydroxyl groups is 1. The van der Waals surface area contributed by atoms with Crippen LogP contribution >= 0.6 is 0 Å². The van der Waals surface area contributed by atoms with Crippen LogP contribution in [-0.4, -0.2) is 22.2 Å². The van der Waals surface area contributed by atoms with Crippen molar-refractivity contribution in [3.05, 3.63) is 53.4 Å². The molecule has 0 aliphatic heterocycles. The Morgan fingerprint density at radius 2 is 1.96 bits per heavy atom. The number of amides is 1. The second kappa shape index (κ2) is 6.96. The van der Waals surface area contributed by atoms with Gasteiger partial charge in [0.2, 0.25) is 0 Å². The summed E-state index contributed by atoms with van der Waals surface area (Å²) in [6, 6.07) is 10.9. The quantitative estimate of drug-likeness (QED) is 0.888. The molecule has 0 saturated heterocycles. The second-order valence-electron chi connectivity index (χ2n) is 6.86. The van der Waals surface area contributed by atoms with Crippen LogP contribution in [0.25, 0.3) is 0 Å². The van der Waals surface area contributed by atoms with Crippen LogP contribution in [0.15, 0.2) is 40.9 Å². The first-order valence-corrected chi connectivity index (χ1v) is 7.78. The van der Waals surface area contributed by atoms with Crippen LogP contribution in [-0.2, 0) is 5.41 Å². The fourth-order valence-electron chi connectivity index (χ4n) is 2.24. The molecule has 5 nitrogen and oxygen atoms in total. The first-order valence-electron chi connectivity index (χ1n) is 7.78. The number of aromatic nitrogens is 1. The predicted octanol–water partition coefficient (Wildman–Crippen LogP) is 3.21. The SMILES string of the molecule is CC(CC(O)c1ccccc1)NC(=O)c1cc(C(C)(C)C)on1. The summed E-state index contributed by atoms with van der Waals surface area (Å²) in [7, 11) is 0. The van der Waals surface area contributed by atoms with Gasteiger partial charge in [-0.05, 0) is 18.9 Å². The van der Waals surface area contributed by atoms with E-state index in [9.17, 15) is 9.90 Å². The topological polar surface area (TPSA) is 75.4 Å².